The van der Waals surface area contributed by atoms with Crippen LogP contribution in [0.1, 0.15) is 32.0 Å². The first-order chi connectivity index (χ1) is 17.5. The second-order valence-electron chi connectivity index (χ2n) is 8.34. The maximum atomic E-state index is 13.7. The number of carboxylic acid groups (broad SMARTS) is 1. The summed E-state index contributed by atoms with van der Waals surface area (Å²) in [6.07, 6.45) is 0.461. The maximum Gasteiger partial charge on any atom is 0.322 e. The van der Waals surface area contributed by atoms with Crippen LogP contribution in [0.15, 0.2) is 78.9 Å². The molecule has 1 aliphatic carbocycles. The Balaban J connectivity index is 1.57. The Morgan fingerprint density at radius 3 is 2.42 bits per heavy atom. The van der Waals surface area contributed by atoms with Crippen molar-refractivity contribution in [2.24, 2.45) is 5.92 Å². The van der Waals surface area contributed by atoms with E-state index in [0.29, 0.717) is 12.0 Å². The number of carbonyl (C=O) groups excluding carboxylic acids is 2. The molecule has 5 rings (SSSR count). The van der Waals surface area contributed by atoms with Gasteiger partial charge in [0.25, 0.3) is 0 Å². The molecule has 1 unspecified atom stereocenters. The molecule has 1 heterocycles. The van der Waals surface area contributed by atoms with Crippen molar-refractivity contribution in [3.63, 3.8) is 0 Å². The Labute approximate surface area is 206 Å². The molecule has 1 aliphatic rings. The summed E-state index contributed by atoms with van der Waals surface area (Å²) >= 11 is 0. The number of hydrogen-bond acceptors (Lipinski definition) is 6. The summed E-state index contributed by atoms with van der Waals surface area (Å²) in [7, 11) is 0. The van der Waals surface area contributed by atoms with Crippen LogP contribution in [0.5, 0.6) is 0 Å². The predicted octanol–water partition coefficient (Wildman–Crippen LogP) is 4.15. The van der Waals surface area contributed by atoms with Gasteiger partial charge >= 0.3 is 5.97 Å². The SMILES string of the molecule is N#CC(C(=O)c1ccccc1NCC(=O)O)C(=O)c1nn(-c2ccccc2)c2c1Cc1ccccc1-2. The van der Waals surface area contributed by atoms with Gasteiger partial charge in [-0.2, -0.15) is 10.4 Å². The average molecular weight is 476 g/mol. The van der Waals surface area contributed by atoms with Gasteiger partial charge in [-0.15, -0.1) is 0 Å². The summed E-state index contributed by atoms with van der Waals surface area (Å²) in [5, 5.41) is 26.2. The molecule has 0 saturated carbocycles. The van der Waals surface area contributed by atoms with Crippen molar-refractivity contribution in [3.8, 4) is 23.0 Å². The molecule has 0 fully saturated rings. The summed E-state index contributed by atoms with van der Waals surface area (Å²) in [5.74, 6) is -4.14. The molecule has 0 saturated heterocycles. The Morgan fingerprint density at radius 2 is 1.67 bits per heavy atom. The number of Topliss-reactive ketones (excluding diaryl/α,β-unsaturated/α-hetero) is 2. The molecular formula is C28H20N4O4. The highest BCUT2D eigenvalue weighted by Gasteiger charge is 2.37. The van der Waals surface area contributed by atoms with Crippen molar-refractivity contribution in [1.29, 1.82) is 5.26 Å². The normalized spacial score (nSPS) is 12.2. The third-order valence-corrected chi connectivity index (χ3v) is 6.13. The average Bonchev–Trinajstić information content (AvgIpc) is 3.46. The van der Waals surface area contributed by atoms with E-state index in [-0.39, 0.29) is 16.9 Å². The van der Waals surface area contributed by atoms with E-state index in [1.807, 2.05) is 60.7 Å². The van der Waals surface area contributed by atoms with Crippen LogP contribution < -0.4 is 5.32 Å². The number of carboxylic acids is 1. The van der Waals surface area contributed by atoms with Crippen molar-refractivity contribution in [2.75, 3.05) is 11.9 Å². The van der Waals surface area contributed by atoms with Crippen LogP contribution in [0.2, 0.25) is 0 Å². The summed E-state index contributed by atoms with van der Waals surface area (Å²) in [4.78, 5) is 38.1. The first-order valence-electron chi connectivity index (χ1n) is 11.3. The lowest BCUT2D eigenvalue weighted by molar-refractivity contribution is -0.134. The topological polar surface area (TPSA) is 125 Å². The molecule has 1 aromatic heterocycles. The van der Waals surface area contributed by atoms with Crippen LogP contribution in [-0.4, -0.2) is 39.0 Å². The minimum absolute atomic E-state index is 0.0704. The number of para-hydroxylation sites is 2. The van der Waals surface area contributed by atoms with E-state index in [0.717, 1.165) is 22.5 Å². The van der Waals surface area contributed by atoms with Gasteiger partial charge in [0.1, 0.15) is 12.2 Å². The van der Waals surface area contributed by atoms with Gasteiger partial charge < -0.3 is 10.4 Å². The fourth-order valence-corrected chi connectivity index (χ4v) is 4.50. The fraction of sp³-hybridized carbons (Fsp3) is 0.107. The molecule has 0 amide bonds. The maximum absolute atomic E-state index is 13.7. The molecule has 0 spiro atoms. The highest BCUT2D eigenvalue weighted by atomic mass is 16.4. The Morgan fingerprint density at radius 1 is 0.972 bits per heavy atom. The lowest BCUT2D eigenvalue weighted by Gasteiger charge is -2.12. The molecule has 2 N–H and O–H groups in total. The zero-order valence-corrected chi connectivity index (χ0v) is 19.0. The third kappa shape index (κ3) is 3.93. The number of anilines is 1. The number of nitriles is 1. The van der Waals surface area contributed by atoms with Crippen LogP contribution in [-0.2, 0) is 11.2 Å². The number of aliphatic carboxylic acids is 1. The number of hydrogen-bond donors (Lipinski definition) is 2. The summed E-state index contributed by atoms with van der Waals surface area (Å²) in [5.41, 5.74) is 4.58. The molecule has 1 atom stereocenters. The second-order valence-corrected chi connectivity index (χ2v) is 8.34. The Kier molecular flexibility index (Phi) is 5.88. The molecule has 0 aliphatic heterocycles. The van der Waals surface area contributed by atoms with Gasteiger partial charge in [0.15, 0.2) is 11.7 Å². The minimum Gasteiger partial charge on any atom is -0.480 e. The minimum atomic E-state index is -1.63. The van der Waals surface area contributed by atoms with Gasteiger partial charge in [-0.3, -0.25) is 14.4 Å². The Bertz CT molecular complexity index is 1550. The lowest BCUT2D eigenvalue weighted by Crippen LogP contribution is -2.25. The van der Waals surface area contributed by atoms with Gasteiger partial charge in [-0.1, -0.05) is 54.6 Å². The van der Waals surface area contributed by atoms with Crippen molar-refractivity contribution < 1.29 is 19.5 Å². The van der Waals surface area contributed by atoms with E-state index in [1.54, 1.807) is 16.8 Å². The molecule has 176 valence electrons. The third-order valence-electron chi connectivity index (χ3n) is 6.13. The van der Waals surface area contributed by atoms with Crippen LogP contribution in [0.4, 0.5) is 5.69 Å². The van der Waals surface area contributed by atoms with Crippen LogP contribution in [0.3, 0.4) is 0 Å². The number of fused-ring (bicyclic) bond motifs is 3. The fourth-order valence-electron chi connectivity index (χ4n) is 4.50. The number of ketones is 2. The quantitative estimate of drug-likeness (QED) is 0.255. The number of aromatic nitrogens is 2. The molecule has 8 heteroatoms. The number of carbonyl (C=O) groups is 3. The molecule has 36 heavy (non-hydrogen) atoms. The summed E-state index contributed by atoms with van der Waals surface area (Å²) < 4.78 is 1.69. The van der Waals surface area contributed by atoms with Crippen molar-refractivity contribution in [2.45, 2.75) is 6.42 Å². The predicted molar refractivity (Wildman–Crippen MR) is 132 cm³/mol. The molecule has 3 aromatic carbocycles. The van der Waals surface area contributed by atoms with Crippen molar-refractivity contribution in [3.05, 3.63) is 101 Å². The lowest BCUT2D eigenvalue weighted by atomic mass is 9.91. The highest BCUT2D eigenvalue weighted by molar-refractivity contribution is 6.20. The van der Waals surface area contributed by atoms with E-state index >= 15 is 0 Å². The van der Waals surface area contributed by atoms with Gasteiger partial charge in [-0.25, -0.2) is 4.68 Å². The monoisotopic (exact) mass is 476 g/mol. The van der Waals surface area contributed by atoms with Gasteiger partial charge in [0, 0.05) is 28.8 Å². The molecule has 0 radical (unpaired) electrons. The molecular weight excluding hydrogens is 456 g/mol. The zero-order chi connectivity index (χ0) is 25.2. The number of benzene rings is 3. The summed E-state index contributed by atoms with van der Waals surface area (Å²) in [6.45, 7) is -0.414. The van der Waals surface area contributed by atoms with E-state index in [9.17, 15) is 19.6 Å². The number of rotatable bonds is 8. The van der Waals surface area contributed by atoms with E-state index < -0.39 is 30.0 Å². The number of nitrogens with one attached hydrogen (secondary N) is 1. The van der Waals surface area contributed by atoms with Crippen molar-refractivity contribution >= 4 is 23.2 Å². The molecule has 8 nitrogen and oxygen atoms in total. The first-order valence-corrected chi connectivity index (χ1v) is 11.3. The van der Waals surface area contributed by atoms with E-state index in [4.69, 9.17) is 5.11 Å². The number of nitrogens with zero attached hydrogens (tertiary/aromatic N) is 3. The summed E-state index contributed by atoms with van der Waals surface area (Å²) in [6, 6.07) is 25.3. The zero-order valence-electron chi connectivity index (χ0n) is 19.0. The van der Waals surface area contributed by atoms with Crippen molar-refractivity contribution in [1.82, 2.24) is 9.78 Å². The molecule has 4 aromatic rings. The van der Waals surface area contributed by atoms with Crippen LogP contribution in [0, 0.1) is 17.2 Å². The van der Waals surface area contributed by atoms with Crippen LogP contribution in [0.25, 0.3) is 16.9 Å². The van der Waals surface area contributed by atoms with Gasteiger partial charge in [-0.05, 0) is 29.8 Å². The highest BCUT2D eigenvalue weighted by Crippen LogP contribution is 2.40. The first kappa shape index (κ1) is 22.7. The van der Waals surface area contributed by atoms with Gasteiger partial charge in [0.2, 0.25) is 5.78 Å². The Hall–Kier alpha value is -5.03. The smallest absolute Gasteiger partial charge is 0.322 e. The van der Waals surface area contributed by atoms with Gasteiger partial charge in [0.05, 0.1) is 17.5 Å². The molecule has 0 bridgehead atoms. The van der Waals surface area contributed by atoms with E-state index in [1.165, 1.54) is 12.1 Å². The standard InChI is InChI=1S/C28H20N4O4/c29-15-22(27(35)20-12-6-7-13-23(20)30-16-24(33)34)28(36)25-21-14-17-8-4-5-11-19(17)26(21)32(31-25)18-9-2-1-3-10-18/h1-13,22,30H,14,16H2,(H,33,34). The van der Waals surface area contributed by atoms with Crippen LogP contribution >= 0.6 is 0 Å². The van der Waals surface area contributed by atoms with E-state index in [2.05, 4.69) is 10.4 Å². The second kappa shape index (κ2) is 9.31. The largest absolute Gasteiger partial charge is 0.480 e.